The molecule has 0 fully saturated rings. The van der Waals surface area contributed by atoms with Gasteiger partial charge in [0, 0.05) is 29.3 Å². The number of aryl methyl sites for hydroxylation is 1. The number of alkyl halides is 3. The van der Waals surface area contributed by atoms with Crippen LogP contribution in [0.4, 0.5) is 18.9 Å². The Morgan fingerprint density at radius 3 is 2.36 bits per heavy atom. The van der Waals surface area contributed by atoms with Crippen molar-refractivity contribution in [3.05, 3.63) is 65.4 Å². The van der Waals surface area contributed by atoms with Crippen LogP contribution >= 0.6 is 0 Å². The fraction of sp³-hybridized carbons (Fsp3) is 0.211. The molecular formula is C19H17F3N2O. The topological polar surface area (TPSA) is 34.0 Å². The number of benzene rings is 2. The molecule has 0 spiro atoms. The van der Waals surface area contributed by atoms with Crippen LogP contribution in [0.25, 0.3) is 10.9 Å². The van der Waals surface area contributed by atoms with Crippen molar-refractivity contribution in [1.29, 1.82) is 0 Å². The standard InChI is InChI=1S/C19H17F3N2O/c1-12-16(15-5-3-4-6-17(15)24(12)2)11-18(25)23-14-9-7-13(8-10-14)19(20,21)22/h3-10H,11H2,1-2H3,(H,23,25). The van der Waals surface area contributed by atoms with Gasteiger partial charge in [0.2, 0.25) is 5.91 Å². The first-order valence-electron chi connectivity index (χ1n) is 7.77. The number of nitrogens with one attached hydrogen (secondary N) is 1. The molecule has 3 nitrogen and oxygen atoms in total. The Morgan fingerprint density at radius 2 is 1.72 bits per heavy atom. The molecule has 1 aromatic heterocycles. The minimum Gasteiger partial charge on any atom is -0.348 e. The minimum atomic E-state index is -4.39. The van der Waals surface area contributed by atoms with Crippen LogP contribution in [0, 0.1) is 6.92 Å². The van der Waals surface area contributed by atoms with E-state index in [1.165, 1.54) is 12.1 Å². The number of halogens is 3. The zero-order valence-corrected chi connectivity index (χ0v) is 13.8. The lowest BCUT2D eigenvalue weighted by Gasteiger charge is -2.09. The number of fused-ring (bicyclic) bond motifs is 1. The highest BCUT2D eigenvalue weighted by Gasteiger charge is 2.30. The van der Waals surface area contributed by atoms with Gasteiger partial charge in [-0.2, -0.15) is 13.2 Å². The van der Waals surface area contributed by atoms with Crippen LogP contribution < -0.4 is 5.32 Å². The summed E-state index contributed by atoms with van der Waals surface area (Å²) in [5.74, 6) is -0.265. The Balaban J connectivity index is 1.79. The largest absolute Gasteiger partial charge is 0.416 e. The van der Waals surface area contributed by atoms with E-state index < -0.39 is 11.7 Å². The molecule has 3 rings (SSSR count). The van der Waals surface area contributed by atoms with Gasteiger partial charge in [-0.3, -0.25) is 4.79 Å². The molecule has 2 aromatic carbocycles. The molecule has 0 aliphatic rings. The summed E-state index contributed by atoms with van der Waals surface area (Å²) in [6.07, 6.45) is -4.23. The van der Waals surface area contributed by atoms with Crippen molar-refractivity contribution in [2.24, 2.45) is 7.05 Å². The van der Waals surface area contributed by atoms with Crippen LogP contribution in [-0.4, -0.2) is 10.5 Å². The first-order valence-corrected chi connectivity index (χ1v) is 7.77. The number of carbonyl (C=O) groups excluding carboxylic acids is 1. The predicted molar refractivity (Wildman–Crippen MR) is 91.4 cm³/mol. The van der Waals surface area contributed by atoms with Gasteiger partial charge in [-0.15, -0.1) is 0 Å². The number of para-hydroxylation sites is 1. The summed E-state index contributed by atoms with van der Waals surface area (Å²) < 4.78 is 39.7. The lowest BCUT2D eigenvalue weighted by atomic mass is 10.1. The molecule has 0 aliphatic carbocycles. The second kappa shape index (κ2) is 6.27. The molecule has 0 radical (unpaired) electrons. The summed E-state index contributed by atoms with van der Waals surface area (Å²) in [7, 11) is 1.94. The van der Waals surface area contributed by atoms with Gasteiger partial charge < -0.3 is 9.88 Å². The zero-order chi connectivity index (χ0) is 18.2. The minimum absolute atomic E-state index is 0.161. The highest BCUT2D eigenvalue weighted by atomic mass is 19.4. The summed E-state index contributed by atoms with van der Waals surface area (Å²) in [6.45, 7) is 1.95. The van der Waals surface area contributed by atoms with Gasteiger partial charge in [0.05, 0.1) is 12.0 Å². The summed E-state index contributed by atoms with van der Waals surface area (Å²) in [6, 6.07) is 12.2. The van der Waals surface area contributed by atoms with Crippen LogP contribution in [0.1, 0.15) is 16.8 Å². The molecule has 1 heterocycles. The first-order chi connectivity index (χ1) is 11.8. The Bertz CT molecular complexity index is 924. The van der Waals surface area contributed by atoms with Crippen LogP contribution in [0.3, 0.4) is 0 Å². The Labute approximate surface area is 143 Å². The highest BCUT2D eigenvalue weighted by molar-refractivity contribution is 5.96. The number of rotatable bonds is 3. The quantitative estimate of drug-likeness (QED) is 0.734. The van der Waals surface area contributed by atoms with Gasteiger partial charge in [-0.25, -0.2) is 0 Å². The third kappa shape index (κ3) is 3.38. The average Bonchev–Trinajstić information content (AvgIpc) is 2.80. The van der Waals surface area contributed by atoms with Crippen LogP contribution in [0.15, 0.2) is 48.5 Å². The number of amides is 1. The maximum Gasteiger partial charge on any atom is 0.416 e. The van der Waals surface area contributed by atoms with Gasteiger partial charge in [-0.1, -0.05) is 18.2 Å². The molecule has 3 aromatic rings. The smallest absolute Gasteiger partial charge is 0.348 e. The van der Waals surface area contributed by atoms with E-state index >= 15 is 0 Å². The number of nitrogens with zero attached hydrogens (tertiary/aromatic N) is 1. The molecule has 0 aliphatic heterocycles. The van der Waals surface area contributed by atoms with Crippen LogP contribution in [0.5, 0.6) is 0 Å². The van der Waals surface area contributed by atoms with Crippen molar-refractivity contribution in [2.75, 3.05) is 5.32 Å². The van der Waals surface area contributed by atoms with Crippen LogP contribution in [-0.2, 0) is 24.4 Å². The molecular weight excluding hydrogens is 329 g/mol. The van der Waals surface area contributed by atoms with E-state index in [1.807, 2.05) is 42.8 Å². The fourth-order valence-electron chi connectivity index (χ4n) is 2.93. The highest BCUT2D eigenvalue weighted by Crippen LogP contribution is 2.30. The van der Waals surface area contributed by atoms with Crippen molar-refractivity contribution >= 4 is 22.5 Å². The lowest BCUT2D eigenvalue weighted by Crippen LogP contribution is -2.15. The average molecular weight is 346 g/mol. The summed E-state index contributed by atoms with van der Waals surface area (Å²) in [5, 5.41) is 3.66. The normalized spacial score (nSPS) is 11.7. The van der Waals surface area contributed by atoms with E-state index in [4.69, 9.17) is 0 Å². The van der Waals surface area contributed by atoms with Gasteiger partial charge in [-0.05, 0) is 42.8 Å². The van der Waals surface area contributed by atoms with E-state index in [0.717, 1.165) is 34.3 Å². The molecule has 130 valence electrons. The molecule has 0 atom stereocenters. The molecule has 0 bridgehead atoms. The van der Waals surface area contributed by atoms with Crippen molar-refractivity contribution in [3.63, 3.8) is 0 Å². The molecule has 25 heavy (non-hydrogen) atoms. The van der Waals surface area contributed by atoms with Gasteiger partial charge >= 0.3 is 6.18 Å². The third-order valence-electron chi connectivity index (χ3n) is 4.36. The summed E-state index contributed by atoms with van der Waals surface area (Å²) in [4.78, 5) is 12.3. The summed E-state index contributed by atoms with van der Waals surface area (Å²) in [5.41, 5.74) is 2.55. The number of aromatic nitrogens is 1. The van der Waals surface area contributed by atoms with E-state index in [1.54, 1.807) is 0 Å². The van der Waals surface area contributed by atoms with Gasteiger partial charge in [0.15, 0.2) is 0 Å². The number of hydrogen-bond acceptors (Lipinski definition) is 1. The van der Waals surface area contributed by atoms with Crippen LogP contribution in [0.2, 0.25) is 0 Å². The van der Waals surface area contributed by atoms with Crippen molar-refractivity contribution < 1.29 is 18.0 Å². The van der Waals surface area contributed by atoms with Gasteiger partial charge in [0.25, 0.3) is 0 Å². The SMILES string of the molecule is Cc1c(CC(=O)Nc2ccc(C(F)(F)F)cc2)c2ccccc2n1C. The molecule has 6 heteroatoms. The monoisotopic (exact) mass is 346 g/mol. The number of hydrogen-bond donors (Lipinski definition) is 1. The Hall–Kier alpha value is -2.76. The Kier molecular flexibility index (Phi) is 4.29. The third-order valence-corrected chi connectivity index (χ3v) is 4.36. The van der Waals surface area contributed by atoms with E-state index in [0.29, 0.717) is 5.69 Å². The van der Waals surface area contributed by atoms with Crippen molar-refractivity contribution in [1.82, 2.24) is 4.57 Å². The second-order valence-corrected chi connectivity index (χ2v) is 5.94. The van der Waals surface area contributed by atoms with E-state index in [9.17, 15) is 18.0 Å². The van der Waals surface area contributed by atoms with E-state index in [2.05, 4.69) is 5.32 Å². The molecule has 1 N–H and O–H groups in total. The maximum atomic E-state index is 12.6. The summed E-state index contributed by atoms with van der Waals surface area (Å²) >= 11 is 0. The second-order valence-electron chi connectivity index (χ2n) is 5.94. The molecule has 0 saturated carbocycles. The Morgan fingerprint density at radius 1 is 1.08 bits per heavy atom. The lowest BCUT2D eigenvalue weighted by molar-refractivity contribution is -0.137. The molecule has 1 amide bonds. The van der Waals surface area contributed by atoms with E-state index in [-0.39, 0.29) is 12.3 Å². The number of anilines is 1. The fourth-order valence-corrected chi connectivity index (χ4v) is 2.93. The number of carbonyl (C=O) groups is 1. The molecule has 0 saturated heterocycles. The van der Waals surface area contributed by atoms with Gasteiger partial charge in [0.1, 0.15) is 0 Å². The zero-order valence-electron chi connectivity index (χ0n) is 13.8. The maximum absolute atomic E-state index is 12.6. The predicted octanol–water partition coefficient (Wildman–Crippen LogP) is 4.69. The van der Waals surface area contributed by atoms with Crippen molar-refractivity contribution in [2.45, 2.75) is 19.5 Å². The van der Waals surface area contributed by atoms with Crippen molar-refractivity contribution in [3.8, 4) is 0 Å². The molecule has 0 unspecified atom stereocenters. The first kappa shape index (κ1) is 17.1.